The summed E-state index contributed by atoms with van der Waals surface area (Å²) in [6.45, 7) is 15.5. The van der Waals surface area contributed by atoms with Crippen LogP contribution in [0.15, 0.2) is 22.3 Å². The first kappa shape index (κ1) is 37.1. The quantitative estimate of drug-likeness (QED) is 0.268. The van der Waals surface area contributed by atoms with Crippen molar-refractivity contribution in [1.29, 1.82) is 15.8 Å². The average Bonchev–Trinajstić information content (AvgIpc) is 2.66. The van der Waals surface area contributed by atoms with Crippen LogP contribution in [0.5, 0.6) is 0 Å². The van der Waals surface area contributed by atoms with Crippen LogP contribution in [0.2, 0.25) is 0 Å². The molecule has 0 unspecified atom stereocenters. The van der Waals surface area contributed by atoms with Crippen LogP contribution in [-0.4, -0.2) is 18.5 Å². The van der Waals surface area contributed by atoms with Gasteiger partial charge in [-0.3, -0.25) is 4.55 Å². The Balaban J connectivity index is -0.0000000878. The Hall–Kier alpha value is -1.73. The van der Waals surface area contributed by atoms with Crippen molar-refractivity contribution in [1.82, 2.24) is 0 Å². The Bertz CT molecular complexity index is 686. The molecule has 28 heavy (non-hydrogen) atoms. The molecule has 1 N–H and O–H groups in total. The first-order valence-electron chi connectivity index (χ1n) is 7.36. The molecule has 162 valence electrons. The number of halogens is 3. The predicted octanol–water partition coefficient (Wildman–Crippen LogP) is 5.29. The molecule has 0 aliphatic heterocycles. The normalized spacial score (nSPS) is 12.5. The van der Waals surface area contributed by atoms with Gasteiger partial charge in [0.2, 0.25) is 0 Å². The van der Waals surface area contributed by atoms with Crippen molar-refractivity contribution in [2.45, 2.75) is 60.9 Å². The van der Waals surface area contributed by atoms with Crippen molar-refractivity contribution >= 4 is 10.1 Å². The van der Waals surface area contributed by atoms with Gasteiger partial charge in [0.1, 0.15) is 0 Å². The number of rotatable bonds is 0. The van der Waals surface area contributed by atoms with Crippen LogP contribution in [0.25, 0.3) is 0 Å². The van der Waals surface area contributed by atoms with E-state index >= 15 is 0 Å². The molecule has 6 nitrogen and oxygen atoms in total. The maximum atomic E-state index is 10.7. The van der Waals surface area contributed by atoms with Crippen molar-refractivity contribution in [2.24, 2.45) is 5.92 Å². The van der Waals surface area contributed by atoms with Gasteiger partial charge in [-0.15, -0.1) is 0 Å². The Kier molecular flexibility index (Phi) is 24.7. The van der Waals surface area contributed by atoms with Gasteiger partial charge in [-0.2, -0.15) is 37.4 Å². The number of nitriles is 3. The van der Waals surface area contributed by atoms with E-state index in [-0.39, 0.29) is 19.5 Å². The van der Waals surface area contributed by atoms with Crippen LogP contribution >= 0.6 is 0 Å². The second-order valence-corrected chi connectivity index (χ2v) is 6.34. The van der Waals surface area contributed by atoms with Crippen LogP contribution in [0.4, 0.5) is 13.2 Å². The Labute approximate surface area is 178 Å². The molecule has 0 radical (unpaired) electrons. The van der Waals surface area contributed by atoms with Crippen LogP contribution < -0.4 is 0 Å². The summed E-state index contributed by atoms with van der Waals surface area (Å²) < 4.78 is 57.5. The molecule has 0 aromatic heterocycles. The van der Waals surface area contributed by atoms with E-state index in [2.05, 4.69) is 34.6 Å². The largest absolute Gasteiger partial charge is 0.522 e. The second-order valence-electron chi connectivity index (χ2n) is 4.93. The molecule has 0 atom stereocenters. The zero-order chi connectivity index (χ0) is 23.0. The molecule has 0 saturated carbocycles. The van der Waals surface area contributed by atoms with Crippen LogP contribution in [-0.2, 0) is 29.6 Å². The van der Waals surface area contributed by atoms with E-state index in [0.717, 1.165) is 0 Å². The minimum absolute atomic E-state index is 0. The van der Waals surface area contributed by atoms with E-state index in [1.807, 2.05) is 0 Å². The van der Waals surface area contributed by atoms with E-state index in [9.17, 15) is 13.2 Å². The number of alkyl halides is 3. The van der Waals surface area contributed by atoms with Gasteiger partial charge in [-0.05, 0) is 44.8 Å². The SMILES string of the molecule is CC#N.CC#N.CC#N.CC1=C(C)C(C)C(C)=C1C.O=S(=O)(O)C(F)(F)F.[Ru]. The van der Waals surface area contributed by atoms with E-state index in [1.54, 1.807) is 29.4 Å². The van der Waals surface area contributed by atoms with E-state index in [0.29, 0.717) is 5.92 Å². The molecule has 0 aromatic rings. The Morgan fingerprint density at radius 2 is 1.00 bits per heavy atom. The summed E-state index contributed by atoms with van der Waals surface area (Å²) in [5, 5.41) is 22.0. The molecular weight excluding hydrogens is 484 g/mol. The fraction of sp³-hybridized carbons (Fsp3) is 0.588. The van der Waals surface area contributed by atoms with Crippen LogP contribution in [0.1, 0.15) is 55.4 Å². The van der Waals surface area contributed by atoms with E-state index < -0.39 is 15.6 Å². The third kappa shape index (κ3) is 17.7. The summed E-state index contributed by atoms with van der Waals surface area (Å²) in [7, 11) is -5.84. The summed E-state index contributed by atoms with van der Waals surface area (Å²) in [5.41, 5.74) is 0.576. The van der Waals surface area contributed by atoms with Crippen molar-refractivity contribution in [3.63, 3.8) is 0 Å². The van der Waals surface area contributed by atoms with Crippen molar-refractivity contribution in [3.05, 3.63) is 22.3 Å². The molecule has 0 aromatic carbocycles. The van der Waals surface area contributed by atoms with Gasteiger partial charge in [-0.25, -0.2) is 0 Å². The molecule has 1 aliphatic rings. The summed E-state index contributed by atoms with van der Waals surface area (Å²) in [6, 6.07) is 5.25. The number of nitrogens with zero attached hydrogens (tertiary/aromatic N) is 3. The van der Waals surface area contributed by atoms with Gasteiger partial charge >= 0.3 is 15.6 Å². The molecule has 0 fully saturated rings. The van der Waals surface area contributed by atoms with Gasteiger partial charge in [0.05, 0.1) is 18.2 Å². The first-order chi connectivity index (χ1) is 12.0. The smallest absolute Gasteiger partial charge is 0.279 e. The zero-order valence-electron chi connectivity index (χ0n) is 17.1. The standard InChI is InChI=1S/C10H16.3C2H3N.CHF3O3S.Ru/c1-6-7(2)9(4)10(5)8(6)3;3*1-2-3;2-1(3,4)8(5,6)7;/h6H,1-5H3;3*1H3;(H,5,6,7);. The Morgan fingerprint density at radius 1 is 0.857 bits per heavy atom. The monoisotopic (exact) mass is 511 g/mol. The van der Waals surface area contributed by atoms with Crippen molar-refractivity contribution in [3.8, 4) is 18.2 Å². The minimum atomic E-state index is -5.84. The molecule has 0 bridgehead atoms. The van der Waals surface area contributed by atoms with E-state index in [4.69, 9.17) is 28.8 Å². The molecule has 1 aliphatic carbocycles. The van der Waals surface area contributed by atoms with Gasteiger partial charge in [0.25, 0.3) is 0 Å². The fourth-order valence-electron chi connectivity index (χ4n) is 1.57. The van der Waals surface area contributed by atoms with Crippen molar-refractivity contribution < 1.29 is 45.6 Å². The molecule has 0 saturated heterocycles. The van der Waals surface area contributed by atoms with Crippen LogP contribution in [0.3, 0.4) is 0 Å². The van der Waals surface area contributed by atoms with Gasteiger partial charge < -0.3 is 0 Å². The molecule has 11 heteroatoms. The summed E-state index contributed by atoms with van der Waals surface area (Å²) >= 11 is 0. The maximum Gasteiger partial charge on any atom is 0.522 e. The van der Waals surface area contributed by atoms with Gasteiger partial charge in [0.15, 0.2) is 0 Å². The molecule has 0 amide bonds. The summed E-state index contributed by atoms with van der Waals surface area (Å²) in [6.07, 6.45) is 0. The Morgan fingerprint density at radius 3 is 1.04 bits per heavy atom. The number of allylic oxidation sites excluding steroid dienone is 4. The third-order valence-electron chi connectivity index (χ3n) is 3.34. The van der Waals surface area contributed by atoms with E-state index in [1.165, 1.54) is 31.9 Å². The maximum absolute atomic E-state index is 10.7. The molecule has 0 heterocycles. The fourth-order valence-corrected chi connectivity index (χ4v) is 1.57. The second kappa shape index (κ2) is 18.6. The summed E-state index contributed by atoms with van der Waals surface area (Å²) in [5.74, 6) is 0.694. The average molecular weight is 511 g/mol. The van der Waals surface area contributed by atoms with Crippen molar-refractivity contribution in [2.75, 3.05) is 0 Å². The topological polar surface area (TPSA) is 126 Å². The van der Waals surface area contributed by atoms with Crippen LogP contribution in [0, 0.1) is 39.9 Å². The first-order valence-corrected chi connectivity index (χ1v) is 8.80. The molecular formula is C17H26F3N3O3RuS. The number of hydrogen-bond acceptors (Lipinski definition) is 5. The third-order valence-corrected chi connectivity index (χ3v) is 3.92. The molecule has 0 spiro atoms. The minimum Gasteiger partial charge on any atom is -0.279 e. The number of hydrogen-bond donors (Lipinski definition) is 1. The molecule has 1 rings (SSSR count). The predicted molar refractivity (Wildman–Crippen MR) is 97.4 cm³/mol. The van der Waals surface area contributed by atoms with Gasteiger partial charge in [0, 0.05) is 40.2 Å². The zero-order valence-corrected chi connectivity index (χ0v) is 19.6. The summed E-state index contributed by atoms with van der Waals surface area (Å²) in [4.78, 5) is 0. The van der Waals surface area contributed by atoms with Gasteiger partial charge in [-0.1, -0.05) is 18.1 Å².